The van der Waals surface area contributed by atoms with Crippen molar-refractivity contribution in [3.05, 3.63) is 52.7 Å². The second-order valence-electron chi connectivity index (χ2n) is 11.6. The lowest BCUT2D eigenvalue weighted by atomic mass is 9.52. The van der Waals surface area contributed by atoms with Crippen LogP contribution in [-0.2, 0) is 0 Å². The summed E-state index contributed by atoms with van der Waals surface area (Å²) in [4.78, 5) is 33.9. The maximum absolute atomic E-state index is 13.3. The maximum atomic E-state index is 13.3. The lowest BCUT2D eigenvalue weighted by Crippen LogP contribution is -2.61. The van der Waals surface area contributed by atoms with Gasteiger partial charge >= 0.3 is 0 Å². The van der Waals surface area contributed by atoms with Crippen LogP contribution in [0.3, 0.4) is 0 Å². The van der Waals surface area contributed by atoms with Crippen LogP contribution in [0.2, 0.25) is 5.02 Å². The van der Waals surface area contributed by atoms with E-state index < -0.39 is 11.5 Å². The lowest BCUT2D eigenvalue weighted by molar-refractivity contribution is -0.136. The first-order valence-corrected chi connectivity index (χ1v) is 13.7. The van der Waals surface area contributed by atoms with Crippen LogP contribution in [0.5, 0.6) is 0 Å². The van der Waals surface area contributed by atoms with E-state index in [0.717, 1.165) is 63.2 Å². The number of rotatable bonds is 5. The average molecular weight is 524 g/mol. The molecule has 4 saturated carbocycles. The molecule has 9 heteroatoms. The molecule has 0 radical (unpaired) electrons. The number of anilines is 2. The number of nitrogens with zero attached hydrogens (tertiary/aromatic N) is 3. The van der Waals surface area contributed by atoms with Crippen LogP contribution < -0.4 is 20.9 Å². The van der Waals surface area contributed by atoms with Crippen LogP contribution in [0.15, 0.2) is 36.4 Å². The van der Waals surface area contributed by atoms with Crippen LogP contribution in [0.25, 0.3) is 0 Å². The van der Waals surface area contributed by atoms with Gasteiger partial charge in [0.1, 0.15) is 11.5 Å². The number of hydrogen-bond donors (Lipinski definition) is 3. The molecule has 37 heavy (non-hydrogen) atoms. The fourth-order valence-electron chi connectivity index (χ4n) is 7.59. The minimum Gasteiger partial charge on any atom is -0.390 e. The number of nitrogens with one attached hydrogen (secondary N) is 1. The van der Waals surface area contributed by atoms with Gasteiger partial charge in [0, 0.05) is 37.3 Å². The number of hydrogen-bond acceptors (Lipinski definition) is 6. The Morgan fingerprint density at radius 1 is 1.14 bits per heavy atom. The van der Waals surface area contributed by atoms with Gasteiger partial charge in [0.05, 0.1) is 16.3 Å². The third-order valence-corrected chi connectivity index (χ3v) is 9.30. The van der Waals surface area contributed by atoms with E-state index in [1.54, 1.807) is 18.2 Å². The number of carbonyl (C=O) groups is 2. The van der Waals surface area contributed by atoms with Gasteiger partial charge in [-0.25, -0.2) is 4.98 Å². The highest BCUT2D eigenvalue weighted by atomic mass is 35.5. The SMILES string of the molecule is C[C@@H]1CN(c2ccc(C(N)=O)cc2Cl)CCN1c1cccc(C(=O)N[C@H]2C3CC4CC2C[C@](O)(C4)C3)n1. The van der Waals surface area contributed by atoms with E-state index in [2.05, 4.69) is 22.0 Å². The fourth-order valence-corrected chi connectivity index (χ4v) is 7.89. The molecule has 196 valence electrons. The standard InChI is InChI=1S/C28H34ClN5O3/c1-16-15-33(23-6-5-18(26(30)35)11-21(23)29)7-8-34(16)24-4-2-3-22(31-24)27(36)32-25-19-9-17-10-20(25)14-28(37,12-17)13-19/h2-6,11,16-17,19-20,25,37H,7-10,12-15H2,1H3,(H2,30,35)(H,32,36)/t16-,17?,19?,20?,25-,28-/m1/s1. The predicted octanol–water partition coefficient (Wildman–Crippen LogP) is 3.22. The van der Waals surface area contributed by atoms with Crippen molar-refractivity contribution >= 4 is 34.9 Å². The normalized spacial score (nSPS) is 32.5. The Morgan fingerprint density at radius 3 is 2.54 bits per heavy atom. The van der Waals surface area contributed by atoms with Gasteiger partial charge in [-0.15, -0.1) is 0 Å². The Morgan fingerprint density at radius 2 is 1.89 bits per heavy atom. The molecule has 7 rings (SSSR count). The number of aromatic nitrogens is 1. The minimum atomic E-state index is -0.512. The summed E-state index contributed by atoms with van der Waals surface area (Å²) in [6.45, 7) is 4.31. The molecule has 4 aliphatic carbocycles. The number of piperazine rings is 1. The van der Waals surface area contributed by atoms with Crippen molar-refractivity contribution < 1.29 is 14.7 Å². The van der Waals surface area contributed by atoms with Gasteiger partial charge in [-0.3, -0.25) is 9.59 Å². The average Bonchev–Trinajstić information content (AvgIpc) is 2.85. The number of benzene rings is 1. The van der Waals surface area contributed by atoms with Crippen molar-refractivity contribution in [1.29, 1.82) is 0 Å². The molecule has 1 saturated heterocycles. The number of pyridine rings is 1. The van der Waals surface area contributed by atoms with E-state index in [0.29, 0.717) is 34.0 Å². The fraction of sp³-hybridized carbons (Fsp3) is 0.536. The molecule has 2 amide bonds. The van der Waals surface area contributed by atoms with E-state index in [1.165, 1.54) is 0 Å². The second-order valence-corrected chi connectivity index (χ2v) is 12.0. The smallest absolute Gasteiger partial charge is 0.270 e. The van der Waals surface area contributed by atoms with Crippen molar-refractivity contribution in [3.63, 3.8) is 0 Å². The van der Waals surface area contributed by atoms with Crippen molar-refractivity contribution in [1.82, 2.24) is 10.3 Å². The summed E-state index contributed by atoms with van der Waals surface area (Å²) in [5, 5.41) is 14.7. The molecule has 0 spiro atoms. The van der Waals surface area contributed by atoms with Crippen LogP contribution in [0.4, 0.5) is 11.5 Å². The molecule has 4 bridgehead atoms. The largest absolute Gasteiger partial charge is 0.390 e. The van der Waals surface area contributed by atoms with Gasteiger partial charge < -0.3 is 26.0 Å². The highest BCUT2D eigenvalue weighted by molar-refractivity contribution is 6.33. The molecular formula is C28H34ClN5O3. The summed E-state index contributed by atoms with van der Waals surface area (Å²) in [5.41, 5.74) is 6.56. The molecule has 5 fully saturated rings. The Labute approximate surface area is 222 Å². The third-order valence-electron chi connectivity index (χ3n) is 9.00. The molecule has 4 N–H and O–H groups in total. The number of amides is 2. The summed E-state index contributed by atoms with van der Waals surface area (Å²) in [6, 6.07) is 11.1. The Balaban J connectivity index is 1.13. The first kappa shape index (κ1) is 24.5. The van der Waals surface area contributed by atoms with E-state index in [-0.39, 0.29) is 18.0 Å². The molecule has 1 aliphatic heterocycles. The molecule has 1 aromatic heterocycles. The number of halogens is 1. The number of primary amides is 1. The predicted molar refractivity (Wildman–Crippen MR) is 143 cm³/mol. The first-order chi connectivity index (χ1) is 17.7. The van der Waals surface area contributed by atoms with Gasteiger partial charge in [0.15, 0.2) is 0 Å². The summed E-state index contributed by atoms with van der Waals surface area (Å²) < 4.78 is 0. The Hall–Kier alpha value is -2.84. The summed E-state index contributed by atoms with van der Waals surface area (Å²) >= 11 is 6.46. The number of aliphatic hydroxyl groups is 1. The topological polar surface area (TPSA) is 112 Å². The lowest BCUT2D eigenvalue weighted by Gasteiger charge is -2.58. The molecule has 5 aliphatic rings. The maximum Gasteiger partial charge on any atom is 0.270 e. The summed E-state index contributed by atoms with van der Waals surface area (Å²) in [5.74, 6) is 1.49. The van der Waals surface area contributed by atoms with E-state index in [4.69, 9.17) is 22.3 Å². The van der Waals surface area contributed by atoms with E-state index in [1.807, 2.05) is 18.2 Å². The quantitative estimate of drug-likeness (QED) is 0.555. The van der Waals surface area contributed by atoms with E-state index in [9.17, 15) is 14.7 Å². The van der Waals surface area contributed by atoms with Crippen LogP contribution in [0, 0.1) is 17.8 Å². The number of carbonyl (C=O) groups excluding carboxylic acids is 2. The zero-order chi connectivity index (χ0) is 25.9. The molecular weight excluding hydrogens is 490 g/mol. The summed E-state index contributed by atoms with van der Waals surface area (Å²) in [6.07, 6.45) is 4.74. The molecule has 1 aromatic carbocycles. The van der Waals surface area contributed by atoms with Crippen LogP contribution in [-0.4, -0.2) is 59.2 Å². The highest BCUT2D eigenvalue weighted by Gasteiger charge is 2.55. The molecule has 2 unspecified atom stereocenters. The van der Waals surface area contributed by atoms with Crippen LogP contribution >= 0.6 is 11.6 Å². The molecule has 8 nitrogen and oxygen atoms in total. The van der Waals surface area contributed by atoms with Gasteiger partial charge in [-0.1, -0.05) is 17.7 Å². The van der Waals surface area contributed by atoms with Crippen molar-refractivity contribution in [2.75, 3.05) is 29.4 Å². The van der Waals surface area contributed by atoms with Crippen molar-refractivity contribution in [2.24, 2.45) is 23.5 Å². The molecule has 2 heterocycles. The molecule has 2 aromatic rings. The second kappa shape index (κ2) is 9.17. The van der Waals surface area contributed by atoms with Crippen molar-refractivity contribution in [3.8, 4) is 0 Å². The number of nitrogens with two attached hydrogens (primary N) is 1. The zero-order valence-electron chi connectivity index (χ0n) is 21.1. The van der Waals surface area contributed by atoms with Gasteiger partial charge in [0.2, 0.25) is 5.91 Å². The summed E-state index contributed by atoms with van der Waals surface area (Å²) in [7, 11) is 0. The minimum absolute atomic E-state index is 0.126. The van der Waals surface area contributed by atoms with Gasteiger partial charge in [-0.2, -0.15) is 0 Å². The highest BCUT2D eigenvalue weighted by Crippen LogP contribution is 2.55. The van der Waals surface area contributed by atoms with Crippen molar-refractivity contribution in [2.45, 2.75) is 56.7 Å². The van der Waals surface area contributed by atoms with Gasteiger partial charge in [-0.05, 0) is 87.1 Å². The third kappa shape index (κ3) is 4.55. The zero-order valence-corrected chi connectivity index (χ0v) is 21.8. The Bertz CT molecular complexity index is 1220. The molecule has 3 atom stereocenters. The monoisotopic (exact) mass is 523 g/mol. The van der Waals surface area contributed by atoms with Gasteiger partial charge in [0.25, 0.3) is 5.91 Å². The van der Waals surface area contributed by atoms with Crippen LogP contribution in [0.1, 0.15) is 59.9 Å². The Kier molecular flexibility index (Phi) is 6.07. The van der Waals surface area contributed by atoms with E-state index >= 15 is 0 Å². The first-order valence-electron chi connectivity index (χ1n) is 13.3.